The maximum absolute atomic E-state index is 14.2. The molecule has 7 rings (SSSR count). The highest BCUT2D eigenvalue weighted by Gasteiger charge is 2.68. The van der Waals surface area contributed by atoms with Crippen LogP contribution >= 0.6 is 0 Å². The Morgan fingerprint density at radius 1 is 1.07 bits per heavy atom. The number of hydrogen-bond acceptors (Lipinski definition) is 3. The number of benzene rings is 1. The second kappa shape index (κ2) is 5.84. The lowest BCUT2D eigenvalue weighted by molar-refractivity contribution is -0.151. The third kappa shape index (κ3) is 2.12. The summed E-state index contributed by atoms with van der Waals surface area (Å²) < 4.78 is 0. The topological polar surface area (TPSA) is 44.7 Å². The van der Waals surface area contributed by atoms with Crippen LogP contribution in [0.4, 0.5) is 0 Å². The molecule has 28 heavy (non-hydrogen) atoms. The van der Waals surface area contributed by atoms with Crippen LogP contribution in [-0.2, 0) is 10.3 Å². The molecule has 1 amide bonds. The minimum absolute atomic E-state index is 0.0434. The molecule has 5 fully saturated rings. The first-order chi connectivity index (χ1) is 13.6. The lowest BCUT2D eigenvalue weighted by Crippen LogP contribution is -2.63. The van der Waals surface area contributed by atoms with Gasteiger partial charge in [-0.1, -0.05) is 37.3 Å². The van der Waals surface area contributed by atoms with Crippen LogP contribution in [0.5, 0.6) is 0 Å². The highest BCUT2D eigenvalue weighted by Crippen LogP contribution is 2.66. The van der Waals surface area contributed by atoms with E-state index in [0.717, 1.165) is 48.7 Å². The molecule has 4 heteroatoms. The number of rotatable bonds is 3. The molecule has 1 saturated heterocycles. The Hall–Kier alpha value is -1.84. The van der Waals surface area contributed by atoms with Crippen molar-refractivity contribution in [3.8, 4) is 0 Å². The standard InChI is InChI=1S/C24H31N3O/c1-2-20-8-9-27-21(28)24(26-22(27)25-20,19-6-4-3-5-7-19)23-13-16-10-17(14-23)12-18(11-16)15-23/h3-7,16-18,20H,2,8-15H2,1H3,(H,25,26)/t16?,17?,18?,20?,23?,24-/m1/s1. The monoisotopic (exact) mass is 377 g/mol. The summed E-state index contributed by atoms with van der Waals surface area (Å²) in [5.74, 6) is 3.55. The van der Waals surface area contributed by atoms with E-state index < -0.39 is 5.54 Å². The van der Waals surface area contributed by atoms with Gasteiger partial charge < -0.3 is 5.32 Å². The second-order valence-electron chi connectivity index (χ2n) is 10.2. The number of aliphatic imine (C=N–C) groups is 1. The third-order valence-corrected chi connectivity index (χ3v) is 8.62. The van der Waals surface area contributed by atoms with Crippen molar-refractivity contribution in [3.63, 3.8) is 0 Å². The summed E-state index contributed by atoms with van der Waals surface area (Å²) in [5.41, 5.74) is 0.583. The Bertz CT molecular complexity index is 796. The number of carbonyl (C=O) groups excluding carboxylic acids is 1. The van der Waals surface area contributed by atoms with Gasteiger partial charge in [0, 0.05) is 12.0 Å². The van der Waals surface area contributed by atoms with Gasteiger partial charge in [0.05, 0.1) is 6.04 Å². The summed E-state index contributed by atoms with van der Waals surface area (Å²) in [4.78, 5) is 21.1. The predicted octanol–water partition coefficient (Wildman–Crippen LogP) is 4.07. The number of nitrogens with zero attached hydrogens (tertiary/aromatic N) is 2. The molecule has 1 N–H and O–H groups in total. The fourth-order valence-electron chi connectivity index (χ4n) is 7.83. The van der Waals surface area contributed by atoms with E-state index in [2.05, 4.69) is 42.6 Å². The third-order valence-electron chi connectivity index (χ3n) is 8.62. The van der Waals surface area contributed by atoms with E-state index in [9.17, 15) is 4.79 Å². The van der Waals surface area contributed by atoms with Crippen LogP contribution in [-0.4, -0.2) is 29.4 Å². The first-order valence-electron chi connectivity index (χ1n) is 11.4. The van der Waals surface area contributed by atoms with Crippen LogP contribution in [0.3, 0.4) is 0 Å². The fourth-order valence-corrected chi connectivity index (χ4v) is 7.83. The Balaban J connectivity index is 1.52. The van der Waals surface area contributed by atoms with Crippen LogP contribution in [0.15, 0.2) is 35.3 Å². The van der Waals surface area contributed by atoms with Gasteiger partial charge in [0.2, 0.25) is 5.96 Å². The lowest BCUT2D eigenvalue weighted by Gasteiger charge is -2.62. The van der Waals surface area contributed by atoms with Crippen molar-refractivity contribution >= 4 is 11.9 Å². The van der Waals surface area contributed by atoms with Gasteiger partial charge in [0.15, 0.2) is 5.54 Å². The van der Waals surface area contributed by atoms with Crippen LogP contribution < -0.4 is 5.32 Å². The summed E-state index contributed by atoms with van der Waals surface area (Å²) in [6, 6.07) is 11.0. The van der Waals surface area contributed by atoms with Gasteiger partial charge in [0.1, 0.15) is 0 Å². The Morgan fingerprint density at radius 2 is 1.71 bits per heavy atom. The Morgan fingerprint density at radius 3 is 2.32 bits per heavy atom. The number of carbonyl (C=O) groups is 1. The maximum atomic E-state index is 14.2. The molecule has 4 nitrogen and oxygen atoms in total. The Labute approximate surface area is 167 Å². The zero-order valence-corrected chi connectivity index (χ0v) is 16.9. The van der Waals surface area contributed by atoms with Crippen molar-refractivity contribution in [2.75, 3.05) is 6.54 Å². The van der Waals surface area contributed by atoms with Crippen molar-refractivity contribution < 1.29 is 4.79 Å². The molecule has 1 unspecified atom stereocenters. The van der Waals surface area contributed by atoms with Crippen LogP contribution in [0, 0.1) is 23.2 Å². The van der Waals surface area contributed by atoms with E-state index in [1.54, 1.807) is 0 Å². The van der Waals surface area contributed by atoms with Gasteiger partial charge in [-0.05, 0) is 74.7 Å². The molecule has 4 aliphatic carbocycles. The summed E-state index contributed by atoms with van der Waals surface area (Å²) in [6.45, 7) is 3.01. The van der Waals surface area contributed by atoms with Crippen molar-refractivity contribution in [3.05, 3.63) is 35.9 Å². The number of guanidine groups is 1. The van der Waals surface area contributed by atoms with Gasteiger partial charge >= 0.3 is 0 Å². The van der Waals surface area contributed by atoms with Crippen LogP contribution in [0.1, 0.15) is 63.9 Å². The first-order valence-corrected chi connectivity index (χ1v) is 11.4. The number of hydrogen-bond donors (Lipinski definition) is 1. The molecule has 2 aliphatic heterocycles. The molecular weight excluding hydrogens is 346 g/mol. The van der Waals surface area contributed by atoms with Crippen molar-refractivity contribution in [1.29, 1.82) is 0 Å². The Kier molecular flexibility index (Phi) is 3.56. The van der Waals surface area contributed by atoms with Gasteiger partial charge in [-0.3, -0.25) is 9.69 Å². The van der Waals surface area contributed by atoms with Crippen LogP contribution in [0.25, 0.3) is 0 Å². The van der Waals surface area contributed by atoms with E-state index in [-0.39, 0.29) is 11.3 Å². The lowest BCUT2D eigenvalue weighted by atomic mass is 9.43. The molecule has 0 aromatic heterocycles. The minimum atomic E-state index is -0.619. The van der Waals surface area contributed by atoms with Gasteiger partial charge in [-0.15, -0.1) is 0 Å². The molecule has 148 valence electrons. The quantitative estimate of drug-likeness (QED) is 0.863. The summed E-state index contributed by atoms with van der Waals surface area (Å²) in [7, 11) is 0. The van der Waals surface area contributed by atoms with Gasteiger partial charge in [-0.2, -0.15) is 0 Å². The zero-order valence-electron chi connectivity index (χ0n) is 16.9. The molecule has 2 heterocycles. The van der Waals surface area contributed by atoms with Gasteiger partial charge in [-0.25, -0.2) is 4.99 Å². The smallest absolute Gasteiger partial charge is 0.260 e. The van der Waals surface area contributed by atoms with E-state index in [0.29, 0.717) is 6.04 Å². The highest BCUT2D eigenvalue weighted by atomic mass is 16.2. The molecular formula is C24H31N3O. The number of amides is 1. The SMILES string of the molecule is CCC1CCN2C(=O)[C@](c3ccccc3)(C34CC5CC(CC(C5)C3)C4)NC2=N1. The minimum Gasteiger partial charge on any atom is -0.337 e. The van der Waals surface area contributed by atoms with Gasteiger partial charge in [0.25, 0.3) is 5.91 Å². The van der Waals surface area contributed by atoms with Crippen molar-refractivity contribution in [2.24, 2.45) is 28.2 Å². The molecule has 1 aromatic rings. The molecule has 0 spiro atoms. The zero-order chi connectivity index (χ0) is 18.9. The summed E-state index contributed by atoms with van der Waals surface area (Å²) in [6.07, 6.45) is 9.80. The fraction of sp³-hybridized carbons (Fsp3) is 0.667. The second-order valence-corrected chi connectivity index (χ2v) is 10.2. The van der Waals surface area contributed by atoms with Crippen molar-refractivity contribution in [1.82, 2.24) is 10.2 Å². The van der Waals surface area contributed by atoms with E-state index >= 15 is 0 Å². The molecule has 1 aromatic carbocycles. The number of fused-ring (bicyclic) bond motifs is 1. The average molecular weight is 378 g/mol. The molecule has 2 atom stereocenters. The largest absolute Gasteiger partial charge is 0.337 e. The molecule has 0 radical (unpaired) electrons. The number of nitrogens with one attached hydrogen (secondary N) is 1. The predicted molar refractivity (Wildman–Crippen MR) is 110 cm³/mol. The average Bonchev–Trinajstić information content (AvgIpc) is 3.01. The molecule has 4 bridgehead atoms. The van der Waals surface area contributed by atoms with E-state index in [1.807, 2.05) is 4.90 Å². The summed E-state index contributed by atoms with van der Waals surface area (Å²) >= 11 is 0. The maximum Gasteiger partial charge on any atom is 0.260 e. The normalized spacial score (nSPS) is 43.7. The van der Waals surface area contributed by atoms with Crippen LogP contribution in [0.2, 0.25) is 0 Å². The van der Waals surface area contributed by atoms with Crippen molar-refractivity contribution in [2.45, 2.75) is 69.9 Å². The van der Waals surface area contributed by atoms with E-state index in [4.69, 9.17) is 4.99 Å². The molecule has 4 saturated carbocycles. The summed E-state index contributed by atoms with van der Waals surface area (Å²) in [5, 5.41) is 3.82. The molecule has 6 aliphatic rings. The first kappa shape index (κ1) is 17.1. The van der Waals surface area contributed by atoms with E-state index in [1.165, 1.54) is 38.5 Å². The highest BCUT2D eigenvalue weighted by molar-refractivity contribution is 6.10.